The van der Waals surface area contributed by atoms with Gasteiger partial charge in [-0.3, -0.25) is 0 Å². The quantitative estimate of drug-likeness (QED) is 0.775. The van der Waals surface area contributed by atoms with E-state index in [2.05, 4.69) is 0 Å². The number of amides is 1. The topological polar surface area (TPSA) is 48.0 Å². The molecule has 1 aliphatic rings. The molecule has 0 radical (unpaired) electrons. The Kier molecular flexibility index (Phi) is 5.88. The third-order valence-corrected chi connectivity index (χ3v) is 2.80. The van der Waals surface area contributed by atoms with Crippen LogP contribution in [0, 0.1) is 0 Å². The van der Waals surface area contributed by atoms with Gasteiger partial charge in [0.05, 0.1) is 6.61 Å². The molecule has 0 aliphatic carbocycles. The van der Waals surface area contributed by atoms with E-state index in [1.165, 1.54) is 0 Å². The van der Waals surface area contributed by atoms with Crippen molar-refractivity contribution in [2.75, 3.05) is 33.5 Å². The zero-order valence-corrected chi connectivity index (χ0v) is 11.9. The van der Waals surface area contributed by atoms with Crippen molar-refractivity contribution in [2.45, 2.75) is 45.3 Å². The van der Waals surface area contributed by atoms with Crippen LogP contribution in [0.3, 0.4) is 0 Å². The molecule has 1 amide bonds. The Hall–Kier alpha value is -0.810. The minimum Gasteiger partial charge on any atom is -0.444 e. The van der Waals surface area contributed by atoms with E-state index in [9.17, 15) is 4.79 Å². The summed E-state index contributed by atoms with van der Waals surface area (Å²) in [5.74, 6) is 0. The van der Waals surface area contributed by atoms with Gasteiger partial charge < -0.3 is 19.1 Å². The molecule has 1 rings (SSSR count). The molecule has 1 fully saturated rings. The first-order valence-electron chi connectivity index (χ1n) is 6.50. The maximum atomic E-state index is 12.2. The van der Waals surface area contributed by atoms with Gasteiger partial charge in [-0.25, -0.2) is 4.79 Å². The average Bonchev–Trinajstić information content (AvgIpc) is 2.28. The van der Waals surface area contributed by atoms with E-state index in [1.807, 2.05) is 20.8 Å². The van der Waals surface area contributed by atoms with Gasteiger partial charge in [-0.1, -0.05) is 0 Å². The van der Waals surface area contributed by atoms with Gasteiger partial charge in [0.25, 0.3) is 0 Å². The standard InChI is InChI=1S/C13H25NO4/c1-13(2,3)18-12(15)14(7-10-16-4)11-5-8-17-9-6-11/h11H,5-10H2,1-4H3. The zero-order chi connectivity index (χ0) is 13.6. The Bertz CT molecular complexity index is 256. The van der Waals surface area contributed by atoms with Crippen LogP contribution in [0.4, 0.5) is 4.79 Å². The number of ether oxygens (including phenoxy) is 3. The molecular weight excluding hydrogens is 234 g/mol. The summed E-state index contributed by atoms with van der Waals surface area (Å²) in [7, 11) is 1.64. The first-order chi connectivity index (χ1) is 8.44. The molecule has 0 unspecified atom stereocenters. The molecule has 0 aromatic rings. The summed E-state index contributed by atoms with van der Waals surface area (Å²) >= 11 is 0. The molecule has 0 N–H and O–H groups in total. The van der Waals surface area contributed by atoms with Gasteiger partial charge in [0.2, 0.25) is 0 Å². The van der Waals surface area contributed by atoms with E-state index in [0.29, 0.717) is 26.4 Å². The Morgan fingerprint density at radius 2 is 1.94 bits per heavy atom. The van der Waals surface area contributed by atoms with Gasteiger partial charge in [0.15, 0.2) is 0 Å². The summed E-state index contributed by atoms with van der Waals surface area (Å²) in [6.07, 6.45) is 1.47. The highest BCUT2D eigenvalue weighted by molar-refractivity contribution is 5.68. The molecular formula is C13H25NO4. The third kappa shape index (κ3) is 5.23. The van der Waals surface area contributed by atoms with Crippen LogP contribution in [0.25, 0.3) is 0 Å². The molecule has 1 saturated heterocycles. The van der Waals surface area contributed by atoms with Crippen LogP contribution in [0.2, 0.25) is 0 Å². The highest BCUT2D eigenvalue weighted by Crippen LogP contribution is 2.18. The number of methoxy groups -OCH3 is 1. The lowest BCUT2D eigenvalue weighted by Gasteiger charge is -2.35. The van der Waals surface area contributed by atoms with Gasteiger partial charge >= 0.3 is 6.09 Å². The second-order valence-electron chi connectivity index (χ2n) is 5.51. The predicted molar refractivity (Wildman–Crippen MR) is 68.7 cm³/mol. The van der Waals surface area contributed by atoms with E-state index < -0.39 is 5.60 Å². The predicted octanol–water partition coefficient (Wildman–Crippen LogP) is 2.05. The van der Waals surface area contributed by atoms with Crippen LogP contribution in [0.1, 0.15) is 33.6 Å². The highest BCUT2D eigenvalue weighted by Gasteiger charge is 2.29. The molecule has 0 spiro atoms. The Labute approximate surface area is 109 Å². The number of nitrogens with zero attached hydrogens (tertiary/aromatic N) is 1. The number of rotatable bonds is 4. The Morgan fingerprint density at radius 3 is 2.44 bits per heavy atom. The summed E-state index contributed by atoms with van der Waals surface area (Å²) < 4.78 is 15.8. The molecule has 5 nitrogen and oxygen atoms in total. The fourth-order valence-electron chi connectivity index (χ4n) is 1.93. The summed E-state index contributed by atoms with van der Waals surface area (Å²) in [5, 5.41) is 0. The molecule has 18 heavy (non-hydrogen) atoms. The summed E-state index contributed by atoms with van der Waals surface area (Å²) in [6, 6.07) is 0.198. The van der Waals surface area contributed by atoms with E-state index >= 15 is 0 Å². The van der Waals surface area contributed by atoms with Gasteiger partial charge in [-0.2, -0.15) is 0 Å². The lowest BCUT2D eigenvalue weighted by atomic mass is 10.1. The normalized spacial score (nSPS) is 17.6. The molecule has 0 bridgehead atoms. The first kappa shape index (κ1) is 15.2. The lowest BCUT2D eigenvalue weighted by Crippen LogP contribution is -2.47. The van der Waals surface area contributed by atoms with Gasteiger partial charge in [-0.05, 0) is 33.6 Å². The van der Waals surface area contributed by atoms with Crippen LogP contribution < -0.4 is 0 Å². The van der Waals surface area contributed by atoms with Crippen molar-refractivity contribution < 1.29 is 19.0 Å². The molecule has 0 atom stereocenters. The van der Waals surface area contributed by atoms with E-state index in [4.69, 9.17) is 14.2 Å². The Balaban J connectivity index is 2.60. The zero-order valence-electron chi connectivity index (χ0n) is 11.9. The van der Waals surface area contributed by atoms with E-state index in [-0.39, 0.29) is 12.1 Å². The minimum atomic E-state index is -0.465. The van der Waals surface area contributed by atoms with Gasteiger partial charge in [0, 0.05) is 32.9 Å². The Morgan fingerprint density at radius 1 is 1.33 bits per heavy atom. The van der Waals surface area contributed by atoms with Crippen molar-refractivity contribution in [3.05, 3.63) is 0 Å². The molecule has 5 heteroatoms. The number of hydrogen-bond acceptors (Lipinski definition) is 4. The summed E-state index contributed by atoms with van der Waals surface area (Å²) in [5.41, 5.74) is -0.465. The summed E-state index contributed by atoms with van der Waals surface area (Å²) in [6.45, 7) is 8.14. The van der Waals surface area contributed by atoms with Crippen LogP contribution in [0.15, 0.2) is 0 Å². The number of carbonyl (C=O) groups is 1. The fraction of sp³-hybridized carbons (Fsp3) is 0.923. The lowest BCUT2D eigenvalue weighted by molar-refractivity contribution is -0.0113. The largest absolute Gasteiger partial charge is 0.444 e. The second-order valence-corrected chi connectivity index (χ2v) is 5.51. The molecule has 1 heterocycles. The monoisotopic (exact) mass is 259 g/mol. The highest BCUT2D eigenvalue weighted by atomic mass is 16.6. The molecule has 0 saturated carbocycles. The van der Waals surface area contributed by atoms with Crippen molar-refractivity contribution in [2.24, 2.45) is 0 Å². The van der Waals surface area contributed by atoms with Crippen molar-refractivity contribution >= 4 is 6.09 Å². The SMILES string of the molecule is COCCN(C(=O)OC(C)(C)C)C1CCOCC1. The maximum Gasteiger partial charge on any atom is 0.410 e. The van der Waals surface area contributed by atoms with Crippen molar-refractivity contribution in [3.63, 3.8) is 0 Å². The van der Waals surface area contributed by atoms with E-state index in [0.717, 1.165) is 12.8 Å². The third-order valence-electron chi connectivity index (χ3n) is 2.80. The minimum absolute atomic E-state index is 0.198. The maximum absolute atomic E-state index is 12.2. The second kappa shape index (κ2) is 6.95. The smallest absolute Gasteiger partial charge is 0.410 e. The van der Waals surface area contributed by atoms with Crippen LogP contribution in [-0.4, -0.2) is 56.1 Å². The van der Waals surface area contributed by atoms with Crippen molar-refractivity contribution in [1.82, 2.24) is 4.90 Å². The fourth-order valence-corrected chi connectivity index (χ4v) is 1.93. The number of carbonyl (C=O) groups excluding carboxylic acids is 1. The molecule has 0 aromatic carbocycles. The van der Waals surface area contributed by atoms with E-state index in [1.54, 1.807) is 12.0 Å². The average molecular weight is 259 g/mol. The molecule has 0 aromatic heterocycles. The number of hydrogen-bond donors (Lipinski definition) is 0. The first-order valence-corrected chi connectivity index (χ1v) is 6.50. The van der Waals surface area contributed by atoms with Crippen LogP contribution in [-0.2, 0) is 14.2 Å². The van der Waals surface area contributed by atoms with Crippen LogP contribution >= 0.6 is 0 Å². The molecule has 106 valence electrons. The van der Waals surface area contributed by atoms with Crippen LogP contribution in [0.5, 0.6) is 0 Å². The van der Waals surface area contributed by atoms with Gasteiger partial charge in [-0.15, -0.1) is 0 Å². The summed E-state index contributed by atoms with van der Waals surface area (Å²) in [4.78, 5) is 13.9. The van der Waals surface area contributed by atoms with Crippen molar-refractivity contribution in [3.8, 4) is 0 Å². The van der Waals surface area contributed by atoms with Gasteiger partial charge in [0.1, 0.15) is 5.60 Å². The molecule has 1 aliphatic heterocycles. The van der Waals surface area contributed by atoms with Crippen molar-refractivity contribution in [1.29, 1.82) is 0 Å².